The van der Waals surface area contributed by atoms with Crippen molar-refractivity contribution >= 4 is 5.97 Å². The van der Waals surface area contributed by atoms with Crippen LogP contribution in [0, 0.1) is 5.92 Å². The molecular formula is C26H38N2O3. The zero-order valence-electron chi connectivity index (χ0n) is 19.4. The molecule has 5 nitrogen and oxygen atoms in total. The van der Waals surface area contributed by atoms with Crippen molar-refractivity contribution in [1.82, 2.24) is 9.97 Å². The van der Waals surface area contributed by atoms with Gasteiger partial charge in [-0.2, -0.15) is 0 Å². The van der Waals surface area contributed by atoms with Crippen molar-refractivity contribution in [2.24, 2.45) is 5.92 Å². The maximum Gasteiger partial charge on any atom is 0.358 e. The lowest BCUT2D eigenvalue weighted by atomic mass is 10.0. The van der Waals surface area contributed by atoms with Crippen LogP contribution in [0.2, 0.25) is 0 Å². The van der Waals surface area contributed by atoms with Gasteiger partial charge in [0, 0.05) is 5.56 Å². The van der Waals surface area contributed by atoms with Gasteiger partial charge in [0.15, 0.2) is 5.69 Å². The van der Waals surface area contributed by atoms with Crippen LogP contribution < -0.4 is 4.74 Å². The monoisotopic (exact) mass is 426 g/mol. The molecule has 2 rings (SSSR count). The molecule has 0 aliphatic carbocycles. The van der Waals surface area contributed by atoms with E-state index in [1.54, 1.807) is 6.20 Å². The van der Waals surface area contributed by atoms with E-state index in [0.717, 1.165) is 49.3 Å². The van der Waals surface area contributed by atoms with Crippen molar-refractivity contribution in [1.29, 1.82) is 0 Å². The van der Waals surface area contributed by atoms with Gasteiger partial charge in [0.2, 0.25) is 0 Å². The third-order valence-corrected chi connectivity index (χ3v) is 5.55. The van der Waals surface area contributed by atoms with Gasteiger partial charge in [-0.15, -0.1) is 0 Å². The van der Waals surface area contributed by atoms with E-state index in [1.165, 1.54) is 38.3 Å². The number of unbranched alkanes of at least 4 members (excludes halogenated alkanes) is 5. The predicted octanol–water partition coefficient (Wildman–Crippen LogP) is 6.87. The Kier molecular flexibility index (Phi) is 11.7. The summed E-state index contributed by atoms with van der Waals surface area (Å²) >= 11 is 0. The van der Waals surface area contributed by atoms with Crippen molar-refractivity contribution in [2.75, 3.05) is 13.2 Å². The summed E-state index contributed by atoms with van der Waals surface area (Å²) < 4.78 is 11.1. The molecule has 0 spiro atoms. The van der Waals surface area contributed by atoms with E-state index in [2.05, 4.69) is 30.7 Å². The quantitative estimate of drug-likeness (QED) is 0.230. The minimum absolute atomic E-state index is 0.242. The van der Waals surface area contributed by atoms with Crippen molar-refractivity contribution in [3.63, 3.8) is 0 Å². The lowest BCUT2D eigenvalue weighted by Gasteiger charge is -2.09. The third kappa shape index (κ3) is 9.50. The van der Waals surface area contributed by atoms with Gasteiger partial charge in [-0.05, 0) is 49.4 Å². The summed E-state index contributed by atoms with van der Waals surface area (Å²) in [6.07, 6.45) is 13.7. The van der Waals surface area contributed by atoms with Crippen molar-refractivity contribution < 1.29 is 14.3 Å². The second kappa shape index (κ2) is 14.6. The van der Waals surface area contributed by atoms with Crippen LogP contribution in [0.15, 0.2) is 36.7 Å². The zero-order chi connectivity index (χ0) is 22.3. The smallest absolute Gasteiger partial charge is 0.358 e. The standard InChI is InChI=1S/C26H38N2O3/c1-4-6-7-8-9-10-17-30-23-15-13-22(14-16-23)24-19-28-25(20-27-24)26(29)31-18-11-12-21(3)5-2/h13-16,19-21H,4-12,17-18H2,1-3H3. The summed E-state index contributed by atoms with van der Waals surface area (Å²) in [5.41, 5.74) is 1.90. The van der Waals surface area contributed by atoms with Crippen LogP contribution in [0.4, 0.5) is 0 Å². The number of ether oxygens (including phenoxy) is 2. The number of esters is 1. The molecule has 0 fully saturated rings. The lowest BCUT2D eigenvalue weighted by molar-refractivity contribution is 0.0486. The largest absolute Gasteiger partial charge is 0.494 e. The topological polar surface area (TPSA) is 61.3 Å². The van der Waals surface area contributed by atoms with Gasteiger partial charge in [0.1, 0.15) is 5.75 Å². The first-order chi connectivity index (χ1) is 15.1. The number of aromatic nitrogens is 2. The average molecular weight is 427 g/mol. The van der Waals surface area contributed by atoms with Crippen molar-refractivity contribution in [3.8, 4) is 17.0 Å². The molecule has 1 aromatic heterocycles. The molecule has 1 unspecified atom stereocenters. The van der Waals surface area contributed by atoms with E-state index in [4.69, 9.17) is 9.47 Å². The van der Waals surface area contributed by atoms with E-state index in [9.17, 15) is 4.79 Å². The van der Waals surface area contributed by atoms with E-state index >= 15 is 0 Å². The summed E-state index contributed by atoms with van der Waals surface area (Å²) in [6.45, 7) is 7.79. The Morgan fingerprint density at radius 2 is 1.65 bits per heavy atom. The number of rotatable bonds is 15. The highest BCUT2D eigenvalue weighted by Gasteiger charge is 2.11. The summed E-state index contributed by atoms with van der Waals surface area (Å²) in [6, 6.07) is 7.84. The fraction of sp³-hybridized carbons (Fsp3) is 0.577. The van der Waals surface area contributed by atoms with E-state index in [-0.39, 0.29) is 5.69 Å². The molecule has 0 aliphatic heterocycles. The summed E-state index contributed by atoms with van der Waals surface area (Å²) in [7, 11) is 0. The Hall–Kier alpha value is -2.43. The molecule has 31 heavy (non-hydrogen) atoms. The average Bonchev–Trinajstić information content (AvgIpc) is 2.81. The Balaban J connectivity index is 1.74. The first-order valence-corrected chi connectivity index (χ1v) is 11.9. The molecule has 1 aromatic carbocycles. The number of carbonyl (C=O) groups excluding carboxylic acids is 1. The molecule has 0 amide bonds. The second-order valence-corrected chi connectivity index (χ2v) is 8.22. The number of benzene rings is 1. The number of hydrogen-bond acceptors (Lipinski definition) is 5. The molecule has 0 aliphatic rings. The normalized spacial score (nSPS) is 11.8. The molecule has 1 heterocycles. The van der Waals surface area contributed by atoms with E-state index in [0.29, 0.717) is 12.5 Å². The van der Waals surface area contributed by atoms with Gasteiger partial charge in [-0.25, -0.2) is 9.78 Å². The maximum atomic E-state index is 12.1. The number of carbonyl (C=O) groups is 1. The molecule has 0 N–H and O–H groups in total. The van der Waals surface area contributed by atoms with Crippen LogP contribution in [0.3, 0.4) is 0 Å². The first kappa shape index (κ1) is 24.8. The molecule has 2 aromatic rings. The Morgan fingerprint density at radius 1 is 0.903 bits per heavy atom. The lowest BCUT2D eigenvalue weighted by Crippen LogP contribution is -2.09. The molecule has 170 valence electrons. The first-order valence-electron chi connectivity index (χ1n) is 11.9. The van der Waals surface area contributed by atoms with Crippen LogP contribution in [0.25, 0.3) is 11.3 Å². The zero-order valence-corrected chi connectivity index (χ0v) is 19.4. The van der Waals surface area contributed by atoms with Gasteiger partial charge in [-0.3, -0.25) is 4.98 Å². The van der Waals surface area contributed by atoms with Crippen LogP contribution >= 0.6 is 0 Å². The number of nitrogens with zero attached hydrogens (tertiary/aromatic N) is 2. The molecular weight excluding hydrogens is 388 g/mol. The van der Waals surface area contributed by atoms with E-state index < -0.39 is 5.97 Å². The SMILES string of the molecule is CCCCCCCCOc1ccc(-c2cnc(C(=O)OCCCC(C)CC)cn2)cc1. The molecule has 1 atom stereocenters. The van der Waals surface area contributed by atoms with Gasteiger partial charge in [-0.1, -0.05) is 59.3 Å². The van der Waals surface area contributed by atoms with Crippen LogP contribution in [-0.2, 0) is 4.74 Å². The molecule has 0 saturated heterocycles. The Bertz CT molecular complexity index is 744. The second-order valence-electron chi connectivity index (χ2n) is 8.22. The Morgan fingerprint density at radius 3 is 2.32 bits per heavy atom. The molecule has 0 saturated carbocycles. The highest BCUT2D eigenvalue weighted by molar-refractivity contribution is 5.87. The molecule has 0 bridgehead atoms. The van der Waals surface area contributed by atoms with Crippen LogP contribution in [0.5, 0.6) is 5.75 Å². The number of hydrogen-bond donors (Lipinski definition) is 0. The summed E-state index contributed by atoms with van der Waals surface area (Å²) in [5.74, 6) is 1.11. The molecule has 0 radical (unpaired) electrons. The van der Waals surface area contributed by atoms with Gasteiger partial charge in [0.05, 0.1) is 31.3 Å². The third-order valence-electron chi connectivity index (χ3n) is 5.55. The van der Waals surface area contributed by atoms with Crippen LogP contribution in [0.1, 0.15) is 89.0 Å². The minimum Gasteiger partial charge on any atom is -0.494 e. The van der Waals surface area contributed by atoms with Crippen molar-refractivity contribution in [2.45, 2.75) is 78.6 Å². The fourth-order valence-electron chi connectivity index (χ4n) is 3.25. The fourth-order valence-corrected chi connectivity index (χ4v) is 3.25. The van der Waals surface area contributed by atoms with Gasteiger partial charge in [0.25, 0.3) is 0 Å². The minimum atomic E-state index is -0.415. The van der Waals surface area contributed by atoms with Gasteiger partial charge >= 0.3 is 5.97 Å². The van der Waals surface area contributed by atoms with Crippen molar-refractivity contribution in [3.05, 3.63) is 42.4 Å². The van der Waals surface area contributed by atoms with Gasteiger partial charge < -0.3 is 9.47 Å². The summed E-state index contributed by atoms with van der Waals surface area (Å²) in [5, 5.41) is 0. The summed E-state index contributed by atoms with van der Waals surface area (Å²) in [4.78, 5) is 20.7. The predicted molar refractivity (Wildman–Crippen MR) is 125 cm³/mol. The highest BCUT2D eigenvalue weighted by Crippen LogP contribution is 2.20. The molecule has 5 heteroatoms. The maximum absolute atomic E-state index is 12.1. The van der Waals surface area contributed by atoms with E-state index in [1.807, 2.05) is 24.3 Å². The van der Waals surface area contributed by atoms with Crippen LogP contribution in [-0.4, -0.2) is 29.2 Å². The Labute approximate surface area is 187 Å². The highest BCUT2D eigenvalue weighted by atomic mass is 16.5.